The number of amides is 1. The number of rotatable bonds is 8. The van der Waals surface area contributed by atoms with E-state index in [0.29, 0.717) is 4.90 Å². The van der Waals surface area contributed by atoms with Crippen LogP contribution < -0.4 is 5.32 Å². The molecule has 2 rings (SSSR count). The molecule has 0 spiro atoms. The van der Waals surface area contributed by atoms with Gasteiger partial charge in [-0.3, -0.25) is 9.00 Å². The van der Waals surface area contributed by atoms with Crippen LogP contribution in [0.2, 0.25) is 0 Å². The van der Waals surface area contributed by atoms with Crippen molar-refractivity contribution >= 4 is 22.7 Å². The van der Waals surface area contributed by atoms with Crippen molar-refractivity contribution in [2.75, 3.05) is 5.75 Å². The van der Waals surface area contributed by atoms with Gasteiger partial charge in [-0.2, -0.15) is 13.2 Å². The van der Waals surface area contributed by atoms with Crippen molar-refractivity contribution in [2.45, 2.75) is 30.0 Å². The summed E-state index contributed by atoms with van der Waals surface area (Å²) in [5, 5.41) is 11.5. The molecule has 2 aromatic rings. The van der Waals surface area contributed by atoms with Crippen LogP contribution in [0.3, 0.4) is 0 Å². The number of hydrogen-bond donors (Lipinski definition) is 2. The Bertz CT molecular complexity index is 856. The zero-order chi connectivity index (χ0) is 20.7. The molecule has 0 unspecified atom stereocenters. The van der Waals surface area contributed by atoms with Crippen LogP contribution in [0, 0.1) is 0 Å². The average molecular weight is 413 g/mol. The summed E-state index contributed by atoms with van der Waals surface area (Å²) in [6, 6.07) is 11.5. The number of carboxylic acids is 1. The standard InChI is InChI=1S/C19H18F3NO4S/c20-19(21,22)14-6-4-5-13(11-14)12-17(24)23-16(18(25)26)9-10-28(27)15-7-2-1-3-8-15/h1-8,11,16H,9-10,12H2,(H,23,24)(H,25,26)/t16-,28+/m1/s1. The Balaban J connectivity index is 1.95. The molecule has 0 aromatic heterocycles. The second-order valence-corrected chi connectivity index (χ2v) is 7.56. The topological polar surface area (TPSA) is 83.5 Å². The van der Waals surface area contributed by atoms with Crippen LogP contribution in [0.1, 0.15) is 17.5 Å². The van der Waals surface area contributed by atoms with Crippen LogP contribution in [-0.2, 0) is 33.0 Å². The zero-order valence-corrected chi connectivity index (χ0v) is 15.4. The number of carbonyl (C=O) groups excluding carboxylic acids is 1. The Kier molecular flexibility index (Phi) is 7.33. The summed E-state index contributed by atoms with van der Waals surface area (Å²) in [5.41, 5.74) is -0.768. The third-order valence-corrected chi connectivity index (χ3v) is 5.25. The Labute approximate surface area is 162 Å². The Morgan fingerprint density at radius 1 is 1.07 bits per heavy atom. The lowest BCUT2D eigenvalue weighted by molar-refractivity contribution is -0.141. The summed E-state index contributed by atoms with van der Waals surface area (Å²) < 4.78 is 50.4. The fourth-order valence-corrected chi connectivity index (χ4v) is 3.61. The van der Waals surface area contributed by atoms with Crippen molar-refractivity contribution in [1.82, 2.24) is 5.32 Å². The van der Waals surface area contributed by atoms with Crippen molar-refractivity contribution < 1.29 is 32.1 Å². The molecule has 2 N–H and O–H groups in total. The average Bonchev–Trinajstić information content (AvgIpc) is 2.64. The van der Waals surface area contributed by atoms with Crippen molar-refractivity contribution in [3.8, 4) is 0 Å². The van der Waals surface area contributed by atoms with E-state index in [1.807, 2.05) is 0 Å². The first-order valence-electron chi connectivity index (χ1n) is 8.28. The molecule has 0 aliphatic rings. The summed E-state index contributed by atoms with van der Waals surface area (Å²) >= 11 is 0. The molecule has 0 saturated carbocycles. The second kappa shape index (κ2) is 9.50. The lowest BCUT2D eigenvalue weighted by Crippen LogP contribution is -2.42. The predicted molar refractivity (Wildman–Crippen MR) is 97.0 cm³/mol. The lowest BCUT2D eigenvalue weighted by atomic mass is 10.1. The van der Waals surface area contributed by atoms with Gasteiger partial charge in [0.2, 0.25) is 5.91 Å². The highest BCUT2D eigenvalue weighted by Crippen LogP contribution is 2.29. The van der Waals surface area contributed by atoms with E-state index < -0.39 is 46.9 Å². The van der Waals surface area contributed by atoms with Crippen LogP contribution in [-0.4, -0.2) is 33.0 Å². The molecule has 0 bridgehead atoms. The summed E-state index contributed by atoms with van der Waals surface area (Å²) in [6.07, 6.45) is -5.00. The van der Waals surface area contributed by atoms with E-state index >= 15 is 0 Å². The molecule has 2 atom stereocenters. The molecule has 0 fully saturated rings. The van der Waals surface area contributed by atoms with Gasteiger partial charge in [-0.25, -0.2) is 4.79 Å². The number of carbonyl (C=O) groups is 2. The normalized spacial score (nSPS) is 13.5. The summed E-state index contributed by atoms with van der Waals surface area (Å²) in [6.45, 7) is 0. The van der Waals surface area contributed by atoms with Crippen LogP contribution in [0.15, 0.2) is 59.5 Å². The maximum atomic E-state index is 12.7. The number of halogens is 3. The highest BCUT2D eigenvalue weighted by atomic mass is 32.2. The van der Waals surface area contributed by atoms with Gasteiger partial charge in [-0.15, -0.1) is 0 Å². The summed E-state index contributed by atoms with van der Waals surface area (Å²) in [4.78, 5) is 24.0. The Morgan fingerprint density at radius 3 is 2.36 bits per heavy atom. The van der Waals surface area contributed by atoms with E-state index in [1.54, 1.807) is 30.3 Å². The van der Waals surface area contributed by atoms with E-state index in [1.165, 1.54) is 12.1 Å². The molecule has 5 nitrogen and oxygen atoms in total. The van der Waals surface area contributed by atoms with E-state index in [0.717, 1.165) is 12.1 Å². The van der Waals surface area contributed by atoms with Crippen molar-refractivity contribution in [1.29, 1.82) is 0 Å². The number of carboxylic acid groups (broad SMARTS) is 1. The van der Waals surface area contributed by atoms with Crippen LogP contribution >= 0.6 is 0 Å². The second-order valence-electron chi connectivity index (χ2n) is 5.98. The van der Waals surface area contributed by atoms with Crippen molar-refractivity contribution in [2.24, 2.45) is 0 Å². The minimum absolute atomic E-state index is 0.0187. The predicted octanol–water partition coefficient (Wildman–Crippen LogP) is 3.02. The van der Waals surface area contributed by atoms with Crippen LogP contribution in [0.4, 0.5) is 13.2 Å². The molecule has 0 radical (unpaired) electrons. The van der Waals surface area contributed by atoms with Crippen molar-refractivity contribution in [3.05, 3.63) is 65.7 Å². The summed E-state index contributed by atoms with van der Waals surface area (Å²) in [7, 11) is -1.43. The van der Waals surface area contributed by atoms with Gasteiger partial charge < -0.3 is 10.4 Å². The quantitative estimate of drug-likeness (QED) is 0.697. The molecule has 1 amide bonds. The van der Waals surface area contributed by atoms with Gasteiger partial charge >= 0.3 is 12.1 Å². The fraction of sp³-hybridized carbons (Fsp3) is 0.263. The highest BCUT2D eigenvalue weighted by molar-refractivity contribution is 7.85. The van der Waals surface area contributed by atoms with Gasteiger partial charge in [0.15, 0.2) is 0 Å². The molecule has 150 valence electrons. The monoisotopic (exact) mass is 413 g/mol. The third-order valence-electron chi connectivity index (χ3n) is 3.85. The number of benzene rings is 2. The molecule has 0 aliphatic heterocycles. The highest BCUT2D eigenvalue weighted by Gasteiger charge is 2.30. The molecule has 9 heteroatoms. The molecule has 28 heavy (non-hydrogen) atoms. The zero-order valence-electron chi connectivity index (χ0n) is 14.6. The van der Waals surface area contributed by atoms with E-state index in [-0.39, 0.29) is 17.7 Å². The molecule has 0 saturated heterocycles. The summed E-state index contributed by atoms with van der Waals surface area (Å²) in [5.74, 6) is -2.01. The first-order valence-corrected chi connectivity index (χ1v) is 9.60. The van der Waals surface area contributed by atoms with Crippen molar-refractivity contribution in [3.63, 3.8) is 0 Å². The maximum Gasteiger partial charge on any atom is 0.416 e. The smallest absolute Gasteiger partial charge is 0.416 e. The molecular formula is C19H18F3NO4S. The third kappa shape index (κ3) is 6.49. The minimum atomic E-state index is -4.53. The van der Waals surface area contributed by atoms with E-state index in [4.69, 9.17) is 0 Å². The van der Waals surface area contributed by atoms with Gasteiger partial charge in [-0.1, -0.05) is 36.4 Å². The van der Waals surface area contributed by atoms with Crippen LogP contribution in [0.25, 0.3) is 0 Å². The van der Waals surface area contributed by atoms with Gasteiger partial charge in [0.05, 0.1) is 22.8 Å². The first kappa shape index (κ1) is 21.6. The van der Waals surface area contributed by atoms with E-state index in [2.05, 4.69) is 5.32 Å². The Hall–Kier alpha value is -2.68. The van der Waals surface area contributed by atoms with Gasteiger partial charge in [0, 0.05) is 10.6 Å². The Morgan fingerprint density at radius 2 is 1.75 bits per heavy atom. The van der Waals surface area contributed by atoms with Gasteiger partial charge in [0.25, 0.3) is 0 Å². The maximum absolute atomic E-state index is 12.7. The lowest BCUT2D eigenvalue weighted by Gasteiger charge is -2.15. The number of nitrogens with one attached hydrogen (secondary N) is 1. The number of hydrogen-bond acceptors (Lipinski definition) is 3. The molecule has 0 aliphatic carbocycles. The van der Waals surface area contributed by atoms with Crippen LogP contribution in [0.5, 0.6) is 0 Å². The van der Waals surface area contributed by atoms with E-state index in [9.17, 15) is 32.1 Å². The number of aliphatic carboxylic acids is 1. The molecule has 0 heterocycles. The largest absolute Gasteiger partial charge is 0.480 e. The first-order chi connectivity index (χ1) is 13.2. The number of alkyl halides is 3. The van der Waals surface area contributed by atoms with Gasteiger partial charge in [0.1, 0.15) is 6.04 Å². The molecule has 2 aromatic carbocycles. The fourth-order valence-electron chi connectivity index (χ4n) is 2.46. The SMILES string of the molecule is O=C(Cc1cccc(C(F)(F)F)c1)N[C@H](CC[S@](=O)c1ccccc1)C(=O)O. The molecular weight excluding hydrogens is 395 g/mol. The van der Waals surface area contributed by atoms with Gasteiger partial charge in [-0.05, 0) is 30.2 Å². The minimum Gasteiger partial charge on any atom is -0.480 e.